The van der Waals surface area contributed by atoms with Crippen molar-refractivity contribution in [1.82, 2.24) is 5.32 Å². The number of hydrogen-bond acceptors (Lipinski definition) is 3. The number of nitrogens with two attached hydrogens (primary N) is 1. The number of nitrogens with one attached hydrogen (secondary N) is 1. The highest BCUT2D eigenvalue weighted by Crippen LogP contribution is 2.46. The third-order valence-corrected chi connectivity index (χ3v) is 5.46. The van der Waals surface area contributed by atoms with Gasteiger partial charge in [-0.3, -0.25) is 0 Å². The Kier molecular flexibility index (Phi) is 5.79. The zero-order chi connectivity index (χ0) is 21.2. The highest BCUT2D eigenvalue weighted by atomic mass is 32.2. The Morgan fingerprint density at radius 1 is 0.897 bits per heavy atom. The first-order chi connectivity index (χ1) is 13.6. The van der Waals surface area contributed by atoms with Gasteiger partial charge in [0.1, 0.15) is 0 Å². The molecule has 0 amide bonds. The van der Waals surface area contributed by atoms with E-state index in [0.717, 1.165) is 0 Å². The minimum absolute atomic E-state index is 0.0129. The van der Waals surface area contributed by atoms with Crippen LogP contribution in [0.25, 0.3) is 22.3 Å². The molecule has 8 heteroatoms. The monoisotopic (exact) mass is 420 g/mol. The molecule has 0 fully saturated rings. The van der Waals surface area contributed by atoms with Crippen LogP contribution in [-0.4, -0.2) is 15.5 Å². The lowest BCUT2D eigenvalue weighted by molar-refractivity contribution is -0.137. The summed E-state index contributed by atoms with van der Waals surface area (Å²) in [5.41, 5.74) is -0.356. The van der Waals surface area contributed by atoms with Crippen LogP contribution in [0.4, 0.5) is 13.2 Å². The topological polar surface area (TPSA) is 72.2 Å². The maximum absolute atomic E-state index is 14.2. The van der Waals surface area contributed by atoms with Crippen molar-refractivity contribution in [2.75, 3.05) is 7.05 Å². The van der Waals surface area contributed by atoms with E-state index in [2.05, 4.69) is 5.32 Å². The van der Waals surface area contributed by atoms with E-state index in [-0.39, 0.29) is 33.7 Å². The standard InChI is InChI=1S/C21H19F3N2O2S/c1-26-13-15-11-12-16(14-7-3-2-4-8-14)19(20(15)21(22,23)24)17-9-5-6-10-18(17)29(25,27)28/h2-12,26H,13H2,1H3,(H2,25,27,28). The van der Waals surface area contributed by atoms with Crippen molar-refractivity contribution in [3.8, 4) is 22.3 Å². The zero-order valence-electron chi connectivity index (χ0n) is 15.5. The molecule has 3 rings (SSSR count). The van der Waals surface area contributed by atoms with Crippen molar-refractivity contribution in [3.63, 3.8) is 0 Å². The number of halogens is 3. The van der Waals surface area contributed by atoms with Crippen LogP contribution in [0, 0.1) is 0 Å². The van der Waals surface area contributed by atoms with Gasteiger partial charge in [-0.25, -0.2) is 13.6 Å². The molecule has 0 aliphatic carbocycles. The average molecular weight is 420 g/mol. The fourth-order valence-electron chi connectivity index (χ4n) is 3.37. The Balaban J connectivity index is 2.51. The van der Waals surface area contributed by atoms with E-state index in [1.807, 2.05) is 0 Å². The van der Waals surface area contributed by atoms with E-state index >= 15 is 0 Å². The minimum atomic E-state index is -4.71. The maximum Gasteiger partial charge on any atom is 0.417 e. The molecule has 0 heterocycles. The summed E-state index contributed by atoms with van der Waals surface area (Å²) in [6.45, 7) is -0.0333. The number of hydrogen-bond donors (Lipinski definition) is 2. The largest absolute Gasteiger partial charge is 0.417 e. The first-order valence-corrected chi connectivity index (χ1v) is 10.2. The number of primary sulfonamides is 1. The molecule has 4 nitrogen and oxygen atoms in total. The van der Waals surface area contributed by atoms with Gasteiger partial charge < -0.3 is 5.32 Å². The highest BCUT2D eigenvalue weighted by molar-refractivity contribution is 7.89. The molecule has 0 bridgehead atoms. The first-order valence-electron chi connectivity index (χ1n) is 8.70. The van der Waals surface area contributed by atoms with Crippen molar-refractivity contribution >= 4 is 10.0 Å². The van der Waals surface area contributed by atoms with E-state index in [1.54, 1.807) is 43.4 Å². The lowest BCUT2D eigenvalue weighted by atomic mass is 9.87. The van der Waals surface area contributed by atoms with Crippen LogP contribution in [-0.2, 0) is 22.7 Å². The molecule has 29 heavy (non-hydrogen) atoms. The molecule has 0 saturated heterocycles. The number of rotatable bonds is 5. The third kappa shape index (κ3) is 4.34. The predicted octanol–water partition coefficient (Wildman–Crippen LogP) is 4.41. The molecule has 0 aliphatic heterocycles. The van der Waals surface area contributed by atoms with E-state index in [0.29, 0.717) is 5.56 Å². The molecule has 0 aromatic heterocycles. The minimum Gasteiger partial charge on any atom is -0.316 e. The molecular weight excluding hydrogens is 401 g/mol. The molecule has 0 saturated carbocycles. The predicted molar refractivity (Wildman–Crippen MR) is 106 cm³/mol. The summed E-state index contributed by atoms with van der Waals surface area (Å²) in [5.74, 6) is 0. The number of alkyl halides is 3. The quantitative estimate of drug-likeness (QED) is 0.642. The molecule has 0 atom stereocenters. The summed E-state index contributed by atoms with van der Waals surface area (Å²) >= 11 is 0. The maximum atomic E-state index is 14.2. The second-order valence-electron chi connectivity index (χ2n) is 6.46. The molecular formula is C21H19F3N2O2S. The molecule has 0 unspecified atom stereocenters. The summed E-state index contributed by atoms with van der Waals surface area (Å²) in [5, 5.41) is 8.05. The zero-order valence-corrected chi connectivity index (χ0v) is 16.3. The van der Waals surface area contributed by atoms with Crippen molar-refractivity contribution < 1.29 is 21.6 Å². The van der Waals surface area contributed by atoms with Gasteiger partial charge in [0.2, 0.25) is 10.0 Å². The summed E-state index contributed by atoms with van der Waals surface area (Å²) in [4.78, 5) is -0.357. The van der Waals surface area contributed by atoms with E-state index in [1.165, 1.54) is 30.3 Å². The van der Waals surface area contributed by atoms with Crippen molar-refractivity contribution in [1.29, 1.82) is 0 Å². The lowest BCUT2D eigenvalue weighted by Crippen LogP contribution is -2.18. The molecule has 3 N–H and O–H groups in total. The van der Waals surface area contributed by atoms with Gasteiger partial charge in [0, 0.05) is 17.7 Å². The van der Waals surface area contributed by atoms with Crippen LogP contribution < -0.4 is 10.5 Å². The van der Waals surface area contributed by atoms with Crippen LogP contribution >= 0.6 is 0 Å². The Hall–Kier alpha value is -2.68. The SMILES string of the molecule is CNCc1ccc(-c2ccccc2)c(-c2ccccc2S(N)(=O)=O)c1C(F)(F)F. The van der Waals surface area contributed by atoms with Gasteiger partial charge in [-0.1, -0.05) is 60.7 Å². The second kappa shape index (κ2) is 7.98. The number of benzene rings is 3. The lowest BCUT2D eigenvalue weighted by Gasteiger charge is -2.22. The molecule has 0 aliphatic rings. The van der Waals surface area contributed by atoms with Gasteiger partial charge >= 0.3 is 6.18 Å². The summed E-state index contributed by atoms with van der Waals surface area (Å²) in [6.07, 6.45) is -4.71. The van der Waals surface area contributed by atoms with Crippen molar-refractivity contribution in [2.45, 2.75) is 17.6 Å². The average Bonchev–Trinajstić information content (AvgIpc) is 2.67. The van der Waals surface area contributed by atoms with Crippen LogP contribution in [0.3, 0.4) is 0 Å². The van der Waals surface area contributed by atoms with Crippen molar-refractivity contribution in [2.24, 2.45) is 5.14 Å². The highest BCUT2D eigenvalue weighted by Gasteiger charge is 2.38. The third-order valence-electron chi connectivity index (χ3n) is 4.49. The fraction of sp³-hybridized carbons (Fsp3) is 0.143. The number of sulfonamides is 1. The van der Waals surface area contributed by atoms with Crippen LogP contribution in [0.1, 0.15) is 11.1 Å². The van der Waals surface area contributed by atoms with E-state index in [9.17, 15) is 21.6 Å². The Labute approximate surface area is 167 Å². The Bertz CT molecular complexity index is 1130. The van der Waals surface area contributed by atoms with Gasteiger partial charge in [0.15, 0.2) is 0 Å². The smallest absolute Gasteiger partial charge is 0.316 e. The molecule has 0 radical (unpaired) electrons. The van der Waals surface area contributed by atoms with Gasteiger partial charge in [-0.05, 0) is 29.8 Å². The molecule has 0 spiro atoms. The van der Waals surface area contributed by atoms with Crippen LogP contribution in [0.15, 0.2) is 71.6 Å². The van der Waals surface area contributed by atoms with Gasteiger partial charge in [-0.2, -0.15) is 13.2 Å². The van der Waals surface area contributed by atoms with E-state index < -0.39 is 21.8 Å². The normalized spacial score (nSPS) is 12.2. The second-order valence-corrected chi connectivity index (χ2v) is 7.99. The van der Waals surface area contributed by atoms with E-state index in [4.69, 9.17) is 5.14 Å². The Morgan fingerprint density at radius 2 is 1.52 bits per heavy atom. The molecule has 3 aromatic rings. The summed E-state index contributed by atoms with van der Waals surface area (Å²) < 4.78 is 67.0. The Morgan fingerprint density at radius 3 is 2.10 bits per heavy atom. The fourth-order valence-corrected chi connectivity index (χ4v) is 4.11. The van der Waals surface area contributed by atoms with Gasteiger partial charge in [0.05, 0.1) is 10.5 Å². The van der Waals surface area contributed by atoms with Crippen LogP contribution in [0.5, 0.6) is 0 Å². The summed E-state index contributed by atoms with van der Waals surface area (Å²) in [6, 6.07) is 17.0. The van der Waals surface area contributed by atoms with Crippen LogP contribution in [0.2, 0.25) is 0 Å². The van der Waals surface area contributed by atoms with Gasteiger partial charge in [0.25, 0.3) is 0 Å². The van der Waals surface area contributed by atoms with Gasteiger partial charge in [-0.15, -0.1) is 0 Å². The van der Waals surface area contributed by atoms with Crippen molar-refractivity contribution in [3.05, 3.63) is 77.9 Å². The molecule has 152 valence electrons. The molecule has 3 aromatic carbocycles. The first kappa shape index (κ1) is 21.0. The summed E-state index contributed by atoms with van der Waals surface area (Å²) in [7, 11) is -2.71.